The highest BCUT2D eigenvalue weighted by Crippen LogP contribution is 2.13. The first-order valence-corrected chi connectivity index (χ1v) is 7.83. The average molecular weight is 327 g/mol. The molecule has 0 aliphatic heterocycles. The van der Waals surface area contributed by atoms with Crippen molar-refractivity contribution >= 4 is 23.4 Å². The summed E-state index contributed by atoms with van der Waals surface area (Å²) >= 11 is 0. The highest BCUT2D eigenvalue weighted by Gasteiger charge is 2.09. The lowest BCUT2D eigenvalue weighted by Crippen LogP contribution is -2.13. The van der Waals surface area contributed by atoms with Gasteiger partial charge in [0.05, 0.1) is 18.2 Å². The number of amides is 1. The topological polar surface area (TPSA) is 80.3 Å². The second-order valence-electron chi connectivity index (χ2n) is 5.24. The van der Waals surface area contributed by atoms with Gasteiger partial charge in [-0.1, -0.05) is 19.4 Å². The summed E-state index contributed by atoms with van der Waals surface area (Å²) in [5, 5.41) is 5.94. The second kappa shape index (κ2) is 8.67. The monoisotopic (exact) mass is 327 g/mol. The van der Waals surface area contributed by atoms with E-state index >= 15 is 0 Å². The Morgan fingerprint density at radius 2 is 2.00 bits per heavy atom. The van der Waals surface area contributed by atoms with E-state index in [0.717, 1.165) is 25.2 Å². The Morgan fingerprint density at radius 1 is 1.17 bits per heavy atom. The van der Waals surface area contributed by atoms with Crippen LogP contribution in [0.3, 0.4) is 0 Å². The van der Waals surface area contributed by atoms with Gasteiger partial charge in [-0.15, -0.1) is 0 Å². The van der Waals surface area contributed by atoms with Gasteiger partial charge in [0.2, 0.25) is 0 Å². The Hall–Kier alpha value is -2.89. The van der Waals surface area contributed by atoms with Gasteiger partial charge in [0.1, 0.15) is 5.82 Å². The fourth-order valence-electron chi connectivity index (χ4n) is 2.07. The number of rotatable bonds is 7. The standard InChI is InChI=1S/C18H21N3O3/c1-3-4-10-19-16-9-8-14(12-20-16)17(22)21-15-7-5-6-13(11-15)18(23)24-2/h5-9,11-12H,3-4,10H2,1-2H3,(H,19,20)(H,21,22). The molecule has 0 spiro atoms. The van der Waals surface area contributed by atoms with Gasteiger partial charge in [-0.05, 0) is 36.8 Å². The van der Waals surface area contributed by atoms with Crippen molar-refractivity contribution in [3.63, 3.8) is 0 Å². The van der Waals surface area contributed by atoms with Crippen molar-refractivity contribution in [2.45, 2.75) is 19.8 Å². The van der Waals surface area contributed by atoms with Gasteiger partial charge in [-0.25, -0.2) is 9.78 Å². The number of nitrogens with zero attached hydrogens (tertiary/aromatic N) is 1. The summed E-state index contributed by atoms with van der Waals surface area (Å²) in [6, 6.07) is 10.1. The Balaban J connectivity index is 2.00. The molecule has 6 heteroatoms. The Kier molecular flexibility index (Phi) is 6.31. The third-order valence-electron chi connectivity index (χ3n) is 3.40. The van der Waals surface area contributed by atoms with Gasteiger partial charge >= 0.3 is 5.97 Å². The van der Waals surface area contributed by atoms with Crippen LogP contribution < -0.4 is 10.6 Å². The van der Waals surface area contributed by atoms with Gasteiger partial charge in [-0.2, -0.15) is 0 Å². The Labute approximate surface area is 141 Å². The number of ether oxygens (including phenoxy) is 1. The van der Waals surface area contributed by atoms with Crippen LogP contribution in [0.2, 0.25) is 0 Å². The minimum atomic E-state index is -0.449. The number of carbonyl (C=O) groups excluding carboxylic acids is 2. The van der Waals surface area contributed by atoms with Gasteiger partial charge in [-0.3, -0.25) is 4.79 Å². The zero-order valence-corrected chi connectivity index (χ0v) is 13.8. The van der Waals surface area contributed by atoms with E-state index in [9.17, 15) is 9.59 Å². The van der Waals surface area contributed by atoms with Crippen molar-refractivity contribution in [2.24, 2.45) is 0 Å². The molecule has 0 bridgehead atoms. The first kappa shape index (κ1) is 17.5. The lowest BCUT2D eigenvalue weighted by atomic mass is 10.2. The molecule has 0 unspecified atom stereocenters. The van der Waals surface area contributed by atoms with E-state index in [0.29, 0.717) is 16.8 Å². The Bertz CT molecular complexity index is 699. The van der Waals surface area contributed by atoms with Gasteiger partial charge in [0, 0.05) is 18.4 Å². The number of unbranched alkanes of at least 4 members (excludes halogenated alkanes) is 1. The molecule has 0 saturated carbocycles. The summed E-state index contributed by atoms with van der Waals surface area (Å²) in [5.41, 5.74) is 1.34. The first-order chi connectivity index (χ1) is 11.6. The molecule has 126 valence electrons. The number of carbonyl (C=O) groups is 2. The molecule has 1 heterocycles. The number of nitrogens with one attached hydrogen (secondary N) is 2. The molecule has 1 aromatic carbocycles. The van der Waals surface area contributed by atoms with Crippen LogP contribution in [0.25, 0.3) is 0 Å². The maximum atomic E-state index is 12.2. The van der Waals surface area contributed by atoms with Gasteiger partial charge in [0.15, 0.2) is 0 Å². The van der Waals surface area contributed by atoms with E-state index in [2.05, 4.69) is 27.3 Å². The normalized spacial score (nSPS) is 10.1. The number of esters is 1. The molecule has 0 radical (unpaired) electrons. The molecular formula is C18H21N3O3. The molecular weight excluding hydrogens is 306 g/mol. The smallest absolute Gasteiger partial charge is 0.337 e. The number of aromatic nitrogens is 1. The highest BCUT2D eigenvalue weighted by atomic mass is 16.5. The molecule has 0 fully saturated rings. The van der Waals surface area contributed by atoms with Crippen LogP contribution in [0, 0.1) is 0 Å². The maximum absolute atomic E-state index is 12.2. The third kappa shape index (κ3) is 4.81. The van der Waals surface area contributed by atoms with E-state index in [1.54, 1.807) is 36.4 Å². The molecule has 2 N–H and O–H groups in total. The number of hydrogen-bond donors (Lipinski definition) is 2. The van der Waals surface area contributed by atoms with Crippen molar-refractivity contribution in [1.82, 2.24) is 4.98 Å². The number of pyridine rings is 1. The summed E-state index contributed by atoms with van der Waals surface area (Å²) in [5.74, 6) is 0.00702. The first-order valence-electron chi connectivity index (χ1n) is 7.83. The largest absolute Gasteiger partial charge is 0.465 e. The molecule has 1 aromatic heterocycles. The van der Waals surface area contributed by atoms with E-state index in [1.807, 2.05) is 0 Å². The summed E-state index contributed by atoms with van der Waals surface area (Å²) in [6.45, 7) is 2.98. The van der Waals surface area contributed by atoms with Crippen LogP contribution in [0.5, 0.6) is 0 Å². The number of methoxy groups -OCH3 is 1. The molecule has 0 saturated heterocycles. The van der Waals surface area contributed by atoms with Crippen LogP contribution in [0.15, 0.2) is 42.6 Å². The highest BCUT2D eigenvalue weighted by molar-refractivity contribution is 6.04. The van der Waals surface area contributed by atoms with Crippen LogP contribution >= 0.6 is 0 Å². The van der Waals surface area contributed by atoms with E-state index in [1.165, 1.54) is 13.3 Å². The maximum Gasteiger partial charge on any atom is 0.337 e. The van der Waals surface area contributed by atoms with E-state index in [-0.39, 0.29) is 5.91 Å². The van der Waals surface area contributed by atoms with Crippen molar-refractivity contribution in [1.29, 1.82) is 0 Å². The predicted octanol–water partition coefficient (Wildman–Crippen LogP) is 3.33. The fourth-order valence-corrected chi connectivity index (χ4v) is 2.07. The van der Waals surface area contributed by atoms with Crippen LogP contribution in [-0.4, -0.2) is 30.5 Å². The molecule has 2 aromatic rings. The Morgan fingerprint density at radius 3 is 2.67 bits per heavy atom. The quantitative estimate of drug-likeness (QED) is 0.602. The van der Waals surface area contributed by atoms with Crippen molar-refractivity contribution in [3.05, 3.63) is 53.7 Å². The van der Waals surface area contributed by atoms with Crippen LogP contribution in [0.1, 0.15) is 40.5 Å². The van der Waals surface area contributed by atoms with Crippen molar-refractivity contribution in [3.8, 4) is 0 Å². The average Bonchev–Trinajstić information content (AvgIpc) is 2.62. The third-order valence-corrected chi connectivity index (χ3v) is 3.40. The number of benzene rings is 1. The van der Waals surface area contributed by atoms with Gasteiger partial charge in [0.25, 0.3) is 5.91 Å². The lowest BCUT2D eigenvalue weighted by molar-refractivity contribution is 0.0600. The summed E-state index contributed by atoms with van der Waals surface area (Å²) in [6.07, 6.45) is 3.70. The molecule has 0 atom stereocenters. The zero-order valence-electron chi connectivity index (χ0n) is 13.8. The minimum Gasteiger partial charge on any atom is -0.465 e. The van der Waals surface area contributed by atoms with Crippen molar-refractivity contribution < 1.29 is 14.3 Å². The molecule has 1 amide bonds. The fraction of sp³-hybridized carbons (Fsp3) is 0.278. The molecule has 24 heavy (non-hydrogen) atoms. The molecule has 0 aliphatic carbocycles. The SMILES string of the molecule is CCCCNc1ccc(C(=O)Nc2cccc(C(=O)OC)c2)cn1. The predicted molar refractivity (Wildman–Crippen MR) is 93.4 cm³/mol. The second-order valence-corrected chi connectivity index (χ2v) is 5.24. The molecule has 2 rings (SSSR count). The number of anilines is 2. The van der Waals surface area contributed by atoms with Crippen molar-refractivity contribution in [2.75, 3.05) is 24.3 Å². The van der Waals surface area contributed by atoms with Gasteiger partial charge < -0.3 is 15.4 Å². The van der Waals surface area contributed by atoms with E-state index in [4.69, 9.17) is 0 Å². The van der Waals surface area contributed by atoms with Crippen LogP contribution in [0.4, 0.5) is 11.5 Å². The zero-order chi connectivity index (χ0) is 17.4. The summed E-state index contributed by atoms with van der Waals surface area (Å²) in [4.78, 5) is 28.0. The molecule has 0 aliphatic rings. The van der Waals surface area contributed by atoms with Crippen LogP contribution in [-0.2, 0) is 4.74 Å². The molecule has 6 nitrogen and oxygen atoms in total. The number of hydrogen-bond acceptors (Lipinski definition) is 5. The summed E-state index contributed by atoms with van der Waals surface area (Å²) < 4.78 is 4.67. The van der Waals surface area contributed by atoms with E-state index < -0.39 is 5.97 Å². The summed E-state index contributed by atoms with van der Waals surface area (Å²) in [7, 11) is 1.31. The lowest BCUT2D eigenvalue weighted by Gasteiger charge is -2.08. The minimum absolute atomic E-state index is 0.287.